The molecule has 34 heavy (non-hydrogen) atoms. The average molecular weight is 509 g/mol. The molecule has 0 aliphatic heterocycles. The van der Waals surface area contributed by atoms with Gasteiger partial charge in [-0.25, -0.2) is 0 Å². The maximum Gasteiger partial charge on any atom is 0.264 e. The van der Waals surface area contributed by atoms with Crippen molar-refractivity contribution < 1.29 is 26.9 Å². The molecule has 0 heterocycles. The number of hydrogen-bond donors (Lipinski definition) is 1. The highest BCUT2D eigenvalue weighted by Gasteiger charge is 2.26. The van der Waals surface area contributed by atoms with E-state index in [4.69, 9.17) is 14.0 Å². The van der Waals surface area contributed by atoms with Gasteiger partial charge in [0, 0.05) is 6.61 Å². The number of unbranched alkanes of at least 4 members (excludes halogenated alkanes) is 11. The van der Waals surface area contributed by atoms with Gasteiger partial charge in [-0.05, 0) is 44.9 Å². The topological polar surface area (TPSA) is 72.8 Å². The lowest BCUT2D eigenvalue weighted by Gasteiger charge is -2.39. The highest BCUT2D eigenvalue weighted by molar-refractivity contribution is 7.85. The molecule has 0 amide bonds. The van der Waals surface area contributed by atoms with E-state index >= 15 is 0 Å². The second kappa shape index (κ2) is 23.2. The van der Waals surface area contributed by atoms with Crippen molar-refractivity contribution in [3.63, 3.8) is 0 Å². The van der Waals surface area contributed by atoms with Crippen LogP contribution in [0.25, 0.3) is 0 Å². The van der Waals surface area contributed by atoms with Gasteiger partial charge in [0.05, 0.1) is 45.2 Å². The third-order valence-corrected chi connectivity index (χ3v) is 7.49. The standard InChI is InChI=1S/C27H57NO5S/c1-4-7-9-11-13-15-19-28(20-16-14-12-10-8-5-2,21-17-18-27-34(29,30)31)22-24-33-26-25-32-23-6-3/h4-27H2,1-3H3/p+1. The molecule has 206 valence electrons. The van der Waals surface area contributed by atoms with E-state index in [1.54, 1.807) is 0 Å². The second-order valence-corrected chi connectivity index (χ2v) is 11.6. The lowest BCUT2D eigenvalue weighted by molar-refractivity contribution is -0.929. The van der Waals surface area contributed by atoms with Crippen molar-refractivity contribution in [2.24, 2.45) is 0 Å². The summed E-state index contributed by atoms with van der Waals surface area (Å²) in [5.74, 6) is -0.133. The van der Waals surface area contributed by atoms with Gasteiger partial charge in [-0.15, -0.1) is 0 Å². The van der Waals surface area contributed by atoms with Crippen LogP contribution < -0.4 is 0 Å². The Labute approximate surface area is 212 Å². The van der Waals surface area contributed by atoms with Crippen LogP contribution in [0.3, 0.4) is 0 Å². The van der Waals surface area contributed by atoms with Crippen molar-refractivity contribution in [3.05, 3.63) is 0 Å². The van der Waals surface area contributed by atoms with Gasteiger partial charge in [-0.1, -0.05) is 72.1 Å². The minimum atomic E-state index is -3.88. The Kier molecular flexibility index (Phi) is 23.1. The third kappa shape index (κ3) is 22.3. The number of hydrogen-bond acceptors (Lipinski definition) is 4. The first-order valence-corrected chi connectivity index (χ1v) is 16.0. The molecular weight excluding hydrogens is 450 g/mol. The van der Waals surface area contributed by atoms with Gasteiger partial charge in [-0.3, -0.25) is 4.55 Å². The number of nitrogens with zero attached hydrogens (tertiary/aromatic N) is 1. The Hall–Kier alpha value is -0.210. The molecular formula is C27H58NO5S+. The molecule has 0 rings (SSSR count). The van der Waals surface area contributed by atoms with Crippen LogP contribution in [0.2, 0.25) is 0 Å². The fourth-order valence-electron chi connectivity index (χ4n) is 4.58. The Balaban J connectivity index is 4.87. The number of quaternary nitrogens is 1. The first-order valence-electron chi connectivity index (χ1n) is 14.3. The van der Waals surface area contributed by atoms with Gasteiger partial charge in [0.15, 0.2) is 0 Å². The van der Waals surface area contributed by atoms with Crippen LogP contribution in [0.5, 0.6) is 0 Å². The van der Waals surface area contributed by atoms with E-state index in [1.165, 1.54) is 77.0 Å². The molecule has 0 aliphatic rings. The normalized spacial score (nSPS) is 12.5. The Morgan fingerprint density at radius 1 is 0.529 bits per heavy atom. The van der Waals surface area contributed by atoms with E-state index in [0.29, 0.717) is 19.6 Å². The summed E-state index contributed by atoms with van der Waals surface area (Å²) in [5, 5.41) is 0. The highest BCUT2D eigenvalue weighted by atomic mass is 32.2. The summed E-state index contributed by atoms with van der Waals surface area (Å²) >= 11 is 0. The summed E-state index contributed by atoms with van der Waals surface area (Å²) in [6.07, 6.45) is 17.8. The molecule has 1 N–H and O–H groups in total. The molecule has 0 aromatic carbocycles. The van der Waals surface area contributed by atoms with Crippen molar-refractivity contribution in [1.82, 2.24) is 0 Å². The zero-order valence-electron chi connectivity index (χ0n) is 22.9. The fraction of sp³-hybridized carbons (Fsp3) is 1.00. The molecule has 0 atom stereocenters. The molecule has 0 aromatic rings. The summed E-state index contributed by atoms with van der Waals surface area (Å²) in [7, 11) is -3.88. The SMILES string of the molecule is CCCCCCCC[N+](CCCCCCCC)(CCCCS(=O)(=O)O)CCOCCOCCC. The van der Waals surface area contributed by atoms with Crippen LogP contribution in [-0.2, 0) is 19.6 Å². The maximum atomic E-state index is 11.2. The predicted molar refractivity (Wildman–Crippen MR) is 144 cm³/mol. The molecule has 6 nitrogen and oxygen atoms in total. The number of ether oxygens (including phenoxy) is 2. The average Bonchev–Trinajstić information content (AvgIpc) is 2.80. The molecule has 0 aliphatic carbocycles. The van der Waals surface area contributed by atoms with E-state index in [9.17, 15) is 8.42 Å². The minimum Gasteiger partial charge on any atom is -0.379 e. The van der Waals surface area contributed by atoms with Crippen molar-refractivity contribution in [2.75, 3.05) is 58.4 Å². The van der Waals surface area contributed by atoms with Crippen molar-refractivity contribution in [2.45, 2.75) is 117 Å². The first kappa shape index (κ1) is 33.8. The smallest absolute Gasteiger partial charge is 0.264 e. The predicted octanol–water partition coefficient (Wildman–Crippen LogP) is 6.64. The number of rotatable bonds is 27. The first-order chi connectivity index (χ1) is 16.4. The van der Waals surface area contributed by atoms with Crippen molar-refractivity contribution in [3.8, 4) is 0 Å². The lowest BCUT2D eigenvalue weighted by Crippen LogP contribution is -2.52. The lowest BCUT2D eigenvalue weighted by atomic mass is 10.1. The van der Waals surface area contributed by atoms with E-state index in [-0.39, 0.29) is 5.75 Å². The third-order valence-electron chi connectivity index (χ3n) is 6.69. The zero-order chi connectivity index (χ0) is 25.4. The summed E-state index contributed by atoms with van der Waals surface area (Å²) < 4.78 is 44.0. The Bertz CT molecular complexity index is 511. The van der Waals surface area contributed by atoms with E-state index < -0.39 is 10.1 Å². The highest BCUT2D eigenvalue weighted by Crippen LogP contribution is 2.18. The van der Waals surface area contributed by atoms with Crippen LogP contribution in [0.4, 0.5) is 0 Å². The molecule has 0 spiro atoms. The largest absolute Gasteiger partial charge is 0.379 e. The van der Waals surface area contributed by atoms with Crippen LogP contribution in [0.15, 0.2) is 0 Å². The zero-order valence-corrected chi connectivity index (χ0v) is 23.7. The Morgan fingerprint density at radius 2 is 0.971 bits per heavy atom. The Morgan fingerprint density at radius 3 is 1.44 bits per heavy atom. The van der Waals surface area contributed by atoms with E-state index in [2.05, 4.69) is 20.8 Å². The maximum absolute atomic E-state index is 11.2. The minimum absolute atomic E-state index is 0.133. The molecule has 0 aromatic heterocycles. The van der Waals surface area contributed by atoms with Gasteiger partial charge in [0.25, 0.3) is 10.1 Å². The van der Waals surface area contributed by atoms with Crippen LogP contribution in [0, 0.1) is 0 Å². The van der Waals surface area contributed by atoms with Gasteiger partial charge < -0.3 is 14.0 Å². The molecule has 0 fully saturated rings. The van der Waals surface area contributed by atoms with Gasteiger partial charge in [0.1, 0.15) is 6.54 Å². The summed E-state index contributed by atoms with van der Waals surface area (Å²) in [6.45, 7) is 13.6. The van der Waals surface area contributed by atoms with E-state index in [1.807, 2.05) is 0 Å². The second-order valence-electron chi connectivity index (χ2n) is 9.99. The van der Waals surface area contributed by atoms with Gasteiger partial charge >= 0.3 is 0 Å². The molecule has 0 radical (unpaired) electrons. The van der Waals surface area contributed by atoms with Gasteiger partial charge in [-0.2, -0.15) is 8.42 Å². The van der Waals surface area contributed by atoms with Crippen LogP contribution in [0.1, 0.15) is 117 Å². The van der Waals surface area contributed by atoms with Gasteiger partial charge in [0.2, 0.25) is 0 Å². The van der Waals surface area contributed by atoms with Crippen LogP contribution in [-0.4, -0.2) is 75.8 Å². The summed E-state index contributed by atoms with van der Waals surface area (Å²) in [4.78, 5) is 0. The molecule has 7 heteroatoms. The monoisotopic (exact) mass is 508 g/mol. The summed E-state index contributed by atoms with van der Waals surface area (Å²) in [6, 6.07) is 0. The molecule has 0 unspecified atom stereocenters. The van der Waals surface area contributed by atoms with E-state index in [0.717, 1.165) is 56.7 Å². The molecule has 0 saturated heterocycles. The molecule has 0 bridgehead atoms. The quantitative estimate of drug-likeness (QED) is 0.0765. The van der Waals surface area contributed by atoms with Crippen molar-refractivity contribution in [1.29, 1.82) is 0 Å². The molecule has 0 saturated carbocycles. The van der Waals surface area contributed by atoms with Crippen molar-refractivity contribution >= 4 is 10.1 Å². The fourth-order valence-corrected chi connectivity index (χ4v) is 5.15. The summed E-state index contributed by atoms with van der Waals surface area (Å²) in [5.41, 5.74) is 0. The van der Waals surface area contributed by atoms with Crippen LogP contribution >= 0.6 is 0 Å².